The van der Waals surface area contributed by atoms with Gasteiger partial charge in [0.2, 0.25) is 0 Å². The molecule has 0 spiro atoms. The Balaban J connectivity index is 3.08. The molecular weight excluding hydrogens is 272 g/mol. The molecule has 0 amide bonds. The van der Waals surface area contributed by atoms with Crippen LogP contribution in [0.15, 0.2) is 22.7 Å². The van der Waals surface area contributed by atoms with Crippen LogP contribution in [-0.4, -0.2) is 16.6 Å². The van der Waals surface area contributed by atoms with E-state index in [0.29, 0.717) is 11.3 Å². The number of carboxylic acid groups (broad SMARTS) is 1. The molecule has 0 aliphatic heterocycles. The van der Waals surface area contributed by atoms with E-state index in [2.05, 4.69) is 21.2 Å². The molecule has 0 saturated carbocycles. The maximum absolute atomic E-state index is 10.9. The van der Waals surface area contributed by atoms with Crippen LogP contribution < -0.4 is 5.32 Å². The number of anilines is 1. The van der Waals surface area contributed by atoms with E-state index in [4.69, 9.17) is 10.4 Å². The summed E-state index contributed by atoms with van der Waals surface area (Å²) < 4.78 is 0.780. The van der Waals surface area contributed by atoms with Gasteiger partial charge in [0.15, 0.2) is 0 Å². The highest BCUT2D eigenvalue weighted by molar-refractivity contribution is 9.10. The number of nitrogens with zero attached hydrogens (tertiary/aromatic N) is 1. The smallest absolute Gasteiger partial charge is 0.328 e. The quantitative estimate of drug-likeness (QED) is 0.894. The van der Waals surface area contributed by atoms with E-state index >= 15 is 0 Å². The van der Waals surface area contributed by atoms with Crippen molar-refractivity contribution in [1.82, 2.24) is 0 Å². The fraction of sp³-hybridized carbons (Fsp3) is 0.273. The Kier molecular flexibility index (Phi) is 3.55. The molecule has 84 valence electrons. The summed E-state index contributed by atoms with van der Waals surface area (Å²) >= 11 is 3.25. The SMILES string of the molecule is CC(C)(Nc1ccc(Br)cc1C#N)C(=O)O. The summed E-state index contributed by atoms with van der Waals surface area (Å²) in [6, 6.07) is 7.08. The van der Waals surface area contributed by atoms with Crippen molar-refractivity contribution in [3.05, 3.63) is 28.2 Å². The van der Waals surface area contributed by atoms with E-state index in [1.165, 1.54) is 0 Å². The normalized spacial score (nSPS) is 10.6. The van der Waals surface area contributed by atoms with Crippen LogP contribution in [-0.2, 0) is 4.79 Å². The minimum atomic E-state index is -1.11. The maximum Gasteiger partial charge on any atom is 0.328 e. The molecule has 1 aromatic carbocycles. The number of nitrogens with one attached hydrogen (secondary N) is 1. The summed E-state index contributed by atoms with van der Waals surface area (Å²) in [6.45, 7) is 3.08. The fourth-order valence-electron chi connectivity index (χ4n) is 1.11. The van der Waals surface area contributed by atoms with Crippen LogP contribution in [0.4, 0.5) is 5.69 Å². The van der Waals surface area contributed by atoms with Gasteiger partial charge in [0.1, 0.15) is 11.6 Å². The first-order valence-corrected chi connectivity index (χ1v) is 5.37. The molecule has 1 aromatic rings. The van der Waals surface area contributed by atoms with Gasteiger partial charge in [-0.25, -0.2) is 4.79 Å². The van der Waals surface area contributed by atoms with Crippen molar-refractivity contribution < 1.29 is 9.90 Å². The van der Waals surface area contributed by atoms with Gasteiger partial charge < -0.3 is 10.4 Å². The number of benzene rings is 1. The number of nitriles is 1. The molecule has 0 aliphatic carbocycles. The van der Waals surface area contributed by atoms with Crippen molar-refractivity contribution in [2.75, 3.05) is 5.32 Å². The lowest BCUT2D eigenvalue weighted by Crippen LogP contribution is -2.40. The van der Waals surface area contributed by atoms with Crippen LogP contribution in [0.2, 0.25) is 0 Å². The lowest BCUT2D eigenvalue weighted by molar-refractivity contribution is -0.141. The van der Waals surface area contributed by atoms with Crippen LogP contribution in [0.25, 0.3) is 0 Å². The van der Waals surface area contributed by atoms with E-state index in [1.807, 2.05) is 6.07 Å². The molecule has 0 atom stereocenters. The molecule has 0 bridgehead atoms. The second kappa shape index (κ2) is 4.54. The highest BCUT2D eigenvalue weighted by Crippen LogP contribution is 2.23. The number of aliphatic carboxylic acids is 1. The Labute approximate surface area is 102 Å². The molecule has 0 aromatic heterocycles. The van der Waals surface area contributed by atoms with Crippen molar-refractivity contribution in [3.8, 4) is 6.07 Å². The number of halogens is 1. The number of rotatable bonds is 3. The van der Waals surface area contributed by atoms with E-state index in [9.17, 15) is 4.79 Å². The topological polar surface area (TPSA) is 73.1 Å². The molecule has 4 nitrogen and oxygen atoms in total. The maximum atomic E-state index is 10.9. The summed E-state index contributed by atoms with van der Waals surface area (Å²) in [7, 11) is 0. The van der Waals surface area contributed by atoms with Crippen LogP contribution in [0, 0.1) is 11.3 Å². The Hall–Kier alpha value is -1.54. The van der Waals surface area contributed by atoms with Crippen molar-refractivity contribution in [1.29, 1.82) is 5.26 Å². The standard InChI is InChI=1S/C11H11BrN2O2/c1-11(2,10(15)16)14-9-4-3-8(12)5-7(9)6-13/h3-5,14H,1-2H3,(H,15,16). The summed E-state index contributed by atoms with van der Waals surface area (Å²) in [6.07, 6.45) is 0. The van der Waals surface area contributed by atoms with E-state index in [0.717, 1.165) is 4.47 Å². The van der Waals surface area contributed by atoms with Gasteiger partial charge in [-0.1, -0.05) is 15.9 Å². The summed E-state index contributed by atoms with van der Waals surface area (Å²) in [5.74, 6) is -0.973. The Morgan fingerprint density at radius 3 is 2.69 bits per heavy atom. The van der Waals surface area contributed by atoms with E-state index in [1.54, 1.807) is 32.0 Å². The van der Waals surface area contributed by atoms with Gasteiger partial charge in [0, 0.05) is 4.47 Å². The third kappa shape index (κ3) is 2.74. The number of carboxylic acids is 1. The first-order chi connectivity index (χ1) is 7.36. The fourth-order valence-corrected chi connectivity index (χ4v) is 1.47. The second-order valence-electron chi connectivity index (χ2n) is 3.86. The zero-order valence-electron chi connectivity index (χ0n) is 8.91. The van der Waals surface area contributed by atoms with Gasteiger partial charge in [-0.2, -0.15) is 5.26 Å². The zero-order chi connectivity index (χ0) is 12.3. The largest absolute Gasteiger partial charge is 0.480 e. The first kappa shape index (κ1) is 12.5. The molecule has 2 N–H and O–H groups in total. The van der Waals surface area contributed by atoms with Crippen molar-refractivity contribution in [3.63, 3.8) is 0 Å². The molecule has 5 heteroatoms. The Morgan fingerprint density at radius 2 is 2.19 bits per heavy atom. The minimum Gasteiger partial charge on any atom is -0.480 e. The molecule has 0 aliphatic rings. The monoisotopic (exact) mass is 282 g/mol. The van der Waals surface area contributed by atoms with Crippen molar-refractivity contribution in [2.24, 2.45) is 0 Å². The Morgan fingerprint density at radius 1 is 1.56 bits per heavy atom. The molecule has 0 fully saturated rings. The van der Waals surface area contributed by atoms with Crippen molar-refractivity contribution in [2.45, 2.75) is 19.4 Å². The predicted molar refractivity (Wildman–Crippen MR) is 64.2 cm³/mol. The predicted octanol–water partition coefficient (Wildman–Crippen LogP) is 2.60. The van der Waals surface area contributed by atoms with E-state index in [-0.39, 0.29) is 0 Å². The summed E-state index contributed by atoms with van der Waals surface area (Å²) in [5.41, 5.74) is -0.193. The average molecular weight is 283 g/mol. The first-order valence-electron chi connectivity index (χ1n) is 4.58. The number of carbonyl (C=O) groups is 1. The van der Waals surface area contributed by atoms with Crippen LogP contribution in [0.5, 0.6) is 0 Å². The summed E-state index contributed by atoms with van der Waals surface area (Å²) in [5, 5.41) is 20.7. The average Bonchev–Trinajstić information content (AvgIpc) is 2.20. The van der Waals surface area contributed by atoms with Crippen LogP contribution >= 0.6 is 15.9 Å². The number of hydrogen-bond acceptors (Lipinski definition) is 3. The summed E-state index contributed by atoms with van der Waals surface area (Å²) in [4.78, 5) is 10.9. The third-order valence-corrected chi connectivity index (χ3v) is 2.58. The molecule has 0 radical (unpaired) electrons. The zero-order valence-corrected chi connectivity index (χ0v) is 10.5. The van der Waals surface area contributed by atoms with Gasteiger partial charge in [0.25, 0.3) is 0 Å². The van der Waals surface area contributed by atoms with Gasteiger partial charge in [-0.05, 0) is 32.0 Å². The number of hydrogen-bond donors (Lipinski definition) is 2. The van der Waals surface area contributed by atoms with Gasteiger partial charge >= 0.3 is 5.97 Å². The molecule has 0 heterocycles. The molecule has 0 unspecified atom stereocenters. The molecule has 0 saturated heterocycles. The van der Waals surface area contributed by atoms with Crippen molar-refractivity contribution >= 4 is 27.6 Å². The lowest BCUT2D eigenvalue weighted by atomic mass is 10.0. The van der Waals surface area contributed by atoms with Gasteiger partial charge in [-0.15, -0.1) is 0 Å². The highest BCUT2D eigenvalue weighted by atomic mass is 79.9. The molecule has 16 heavy (non-hydrogen) atoms. The van der Waals surface area contributed by atoms with Crippen LogP contribution in [0.1, 0.15) is 19.4 Å². The Bertz CT molecular complexity index is 464. The molecular formula is C11H11BrN2O2. The van der Waals surface area contributed by atoms with Gasteiger partial charge in [-0.3, -0.25) is 0 Å². The van der Waals surface area contributed by atoms with Crippen LogP contribution in [0.3, 0.4) is 0 Å². The third-order valence-electron chi connectivity index (χ3n) is 2.08. The van der Waals surface area contributed by atoms with E-state index < -0.39 is 11.5 Å². The highest BCUT2D eigenvalue weighted by Gasteiger charge is 2.27. The molecule has 1 rings (SSSR count). The lowest BCUT2D eigenvalue weighted by Gasteiger charge is -2.23. The van der Waals surface area contributed by atoms with Gasteiger partial charge in [0.05, 0.1) is 11.3 Å². The second-order valence-corrected chi connectivity index (χ2v) is 4.77. The minimum absolute atomic E-state index is 0.406.